The Morgan fingerprint density at radius 1 is 0.960 bits per heavy atom. The SMILES string of the molecule is CCC(C)c1ccc(C(=O)OCC(=O)c2ccc(C)c(C)c2C)cc1. The largest absolute Gasteiger partial charge is 0.454 e. The first kappa shape index (κ1) is 18.9. The number of carbonyl (C=O) groups is 2. The molecule has 2 rings (SSSR count). The van der Waals surface area contributed by atoms with Crippen LogP contribution in [0.3, 0.4) is 0 Å². The summed E-state index contributed by atoms with van der Waals surface area (Å²) in [6, 6.07) is 11.1. The first-order chi connectivity index (χ1) is 11.8. The van der Waals surface area contributed by atoms with Crippen LogP contribution in [0.2, 0.25) is 0 Å². The second-order valence-electron chi connectivity index (χ2n) is 6.61. The zero-order valence-corrected chi connectivity index (χ0v) is 15.7. The van der Waals surface area contributed by atoms with Crippen molar-refractivity contribution >= 4 is 11.8 Å². The van der Waals surface area contributed by atoms with Crippen molar-refractivity contribution in [2.45, 2.75) is 47.0 Å². The summed E-state index contributed by atoms with van der Waals surface area (Å²) in [7, 11) is 0. The molecule has 0 aliphatic carbocycles. The Hall–Kier alpha value is -2.42. The molecule has 2 aromatic rings. The van der Waals surface area contributed by atoms with Crippen molar-refractivity contribution in [3.8, 4) is 0 Å². The van der Waals surface area contributed by atoms with E-state index < -0.39 is 5.97 Å². The molecule has 0 heterocycles. The van der Waals surface area contributed by atoms with E-state index in [1.807, 2.05) is 39.0 Å². The lowest BCUT2D eigenvalue weighted by Crippen LogP contribution is -2.15. The van der Waals surface area contributed by atoms with Crippen molar-refractivity contribution in [1.82, 2.24) is 0 Å². The molecule has 1 atom stereocenters. The molecule has 0 fully saturated rings. The fourth-order valence-electron chi connectivity index (χ4n) is 2.73. The zero-order chi connectivity index (χ0) is 18.6. The summed E-state index contributed by atoms with van der Waals surface area (Å²) >= 11 is 0. The smallest absolute Gasteiger partial charge is 0.338 e. The van der Waals surface area contributed by atoms with Gasteiger partial charge in [-0.3, -0.25) is 4.79 Å². The number of Topliss-reactive ketones (excluding diaryl/α,β-unsaturated/α-hetero) is 1. The van der Waals surface area contributed by atoms with E-state index in [1.165, 1.54) is 5.56 Å². The molecule has 0 saturated heterocycles. The highest BCUT2D eigenvalue weighted by Gasteiger charge is 2.15. The second-order valence-corrected chi connectivity index (χ2v) is 6.61. The number of carbonyl (C=O) groups excluding carboxylic acids is 2. The van der Waals surface area contributed by atoms with Crippen LogP contribution in [-0.4, -0.2) is 18.4 Å². The van der Waals surface area contributed by atoms with Gasteiger partial charge in [0.2, 0.25) is 5.78 Å². The summed E-state index contributed by atoms with van der Waals surface area (Å²) in [5, 5.41) is 0. The molecule has 0 spiro atoms. The van der Waals surface area contributed by atoms with E-state index in [0.717, 1.165) is 23.1 Å². The summed E-state index contributed by atoms with van der Waals surface area (Å²) < 4.78 is 5.21. The lowest BCUT2D eigenvalue weighted by atomic mass is 9.96. The second kappa shape index (κ2) is 8.11. The van der Waals surface area contributed by atoms with Crippen molar-refractivity contribution in [1.29, 1.82) is 0 Å². The van der Waals surface area contributed by atoms with E-state index in [0.29, 0.717) is 17.0 Å². The van der Waals surface area contributed by atoms with Gasteiger partial charge in [0.15, 0.2) is 6.61 Å². The van der Waals surface area contributed by atoms with Gasteiger partial charge in [-0.25, -0.2) is 4.79 Å². The molecule has 25 heavy (non-hydrogen) atoms. The monoisotopic (exact) mass is 338 g/mol. The van der Waals surface area contributed by atoms with Crippen LogP contribution >= 0.6 is 0 Å². The van der Waals surface area contributed by atoms with Crippen LogP contribution in [0.15, 0.2) is 36.4 Å². The number of benzene rings is 2. The molecule has 3 heteroatoms. The molecule has 1 unspecified atom stereocenters. The van der Waals surface area contributed by atoms with Gasteiger partial charge in [-0.1, -0.05) is 38.1 Å². The Kier molecular flexibility index (Phi) is 6.13. The van der Waals surface area contributed by atoms with Crippen LogP contribution in [-0.2, 0) is 4.74 Å². The van der Waals surface area contributed by atoms with E-state index in [9.17, 15) is 9.59 Å². The minimum Gasteiger partial charge on any atom is -0.454 e. The third kappa shape index (κ3) is 4.36. The summed E-state index contributed by atoms with van der Waals surface area (Å²) in [6.45, 7) is 9.97. The lowest BCUT2D eigenvalue weighted by Gasteiger charge is -2.11. The van der Waals surface area contributed by atoms with E-state index in [2.05, 4.69) is 13.8 Å². The first-order valence-corrected chi connectivity index (χ1v) is 8.72. The maximum Gasteiger partial charge on any atom is 0.338 e. The van der Waals surface area contributed by atoms with E-state index in [1.54, 1.807) is 18.2 Å². The minimum absolute atomic E-state index is 0.176. The first-order valence-electron chi connectivity index (χ1n) is 8.72. The number of aryl methyl sites for hydroxylation is 1. The predicted molar refractivity (Wildman–Crippen MR) is 100 cm³/mol. The average Bonchev–Trinajstić information content (AvgIpc) is 2.63. The molecule has 0 aromatic heterocycles. The van der Waals surface area contributed by atoms with Crippen LogP contribution in [0.4, 0.5) is 0 Å². The molecule has 0 bridgehead atoms. The Bertz CT molecular complexity index is 773. The highest BCUT2D eigenvalue weighted by atomic mass is 16.5. The van der Waals surface area contributed by atoms with Gasteiger partial charge in [0.1, 0.15) is 0 Å². The Morgan fingerprint density at radius 2 is 1.60 bits per heavy atom. The van der Waals surface area contributed by atoms with Gasteiger partial charge in [-0.15, -0.1) is 0 Å². The number of ketones is 1. The van der Waals surface area contributed by atoms with E-state index >= 15 is 0 Å². The number of esters is 1. The van der Waals surface area contributed by atoms with Crippen molar-refractivity contribution in [3.63, 3.8) is 0 Å². The molecule has 0 aliphatic rings. The molecule has 0 amide bonds. The standard InChI is InChI=1S/C22H26O3/c1-6-14(2)18-8-10-19(11-9-18)22(24)25-13-21(23)20-12-7-15(3)16(4)17(20)5/h7-12,14H,6,13H2,1-5H3. The number of hydrogen-bond acceptors (Lipinski definition) is 3. The van der Waals surface area contributed by atoms with Crippen molar-refractivity contribution in [3.05, 3.63) is 69.8 Å². The highest BCUT2D eigenvalue weighted by molar-refractivity contribution is 6.00. The van der Waals surface area contributed by atoms with Crippen molar-refractivity contribution in [2.24, 2.45) is 0 Å². The van der Waals surface area contributed by atoms with Gasteiger partial charge >= 0.3 is 5.97 Å². The summed E-state index contributed by atoms with van der Waals surface area (Å²) in [5.74, 6) is -0.185. The molecule has 2 aromatic carbocycles. The molecule has 0 radical (unpaired) electrons. The highest BCUT2D eigenvalue weighted by Crippen LogP contribution is 2.20. The normalized spacial score (nSPS) is 11.9. The van der Waals surface area contributed by atoms with E-state index in [4.69, 9.17) is 4.74 Å². The molecule has 0 N–H and O–H groups in total. The molecular weight excluding hydrogens is 312 g/mol. The topological polar surface area (TPSA) is 43.4 Å². The Morgan fingerprint density at radius 3 is 2.20 bits per heavy atom. The summed E-state index contributed by atoms with van der Waals surface area (Å²) in [6.07, 6.45) is 1.05. The predicted octanol–water partition coefficient (Wildman–Crippen LogP) is 5.17. The van der Waals surface area contributed by atoms with Gasteiger partial charge in [-0.05, 0) is 67.5 Å². The van der Waals surface area contributed by atoms with Gasteiger partial charge in [0.05, 0.1) is 5.56 Å². The Labute approximate surface area is 150 Å². The maximum absolute atomic E-state index is 12.4. The molecule has 132 valence electrons. The van der Waals surface area contributed by atoms with Gasteiger partial charge in [-0.2, -0.15) is 0 Å². The van der Waals surface area contributed by atoms with Gasteiger partial charge < -0.3 is 4.74 Å². The molecule has 0 saturated carbocycles. The minimum atomic E-state index is -0.467. The number of hydrogen-bond donors (Lipinski definition) is 0. The van der Waals surface area contributed by atoms with Crippen LogP contribution < -0.4 is 0 Å². The maximum atomic E-state index is 12.4. The molecule has 3 nitrogen and oxygen atoms in total. The quantitative estimate of drug-likeness (QED) is 0.539. The summed E-state index contributed by atoms with van der Waals surface area (Å²) in [5.41, 5.74) is 5.46. The van der Waals surface area contributed by atoms with Crippen LogP contribution in [0.25, 0.3) is 0 Å². The molecule has 0 aliphatic heterocycles. The zero-order valence-electron chi connectivity index (χ0n) is 15.7. The lowest BCUT2D eigenvalue weighted by molar-refractivity contribution is 0.0474. The fourth-order valence-corrected chi connectivity index (χ4v) is 2.73. The third-order valence-corrected chi connectivity index (χ3v) is 5.02. The van der Waals surface area contributed by atoms with Crippen molar-refractivity contribution in [2.75, 3.05) is 6.61 Å². The molecular formula is C22H26O3. The summed E-state index contributed by atoms with van der Waals surface area (Å²) in [4.78, 5) is 24.5. The fraction of sp³-hybridized carbons (Fsp3) is 0.364. The number of ether oxygens (including phenoxy) is 1. The average molecular weight is 338 g/mol. The van der Waals surface area contributed by atoms with E-state index in [-0.39, 0.29) is 12.4 Å². The van der Waals surface area contributed by atoms with Crippen LogP contribution in [0, 0.1) is 20.8 Å². The number of rotatable bonds is 6. The van der Waals surface area contributed by atoms with Gasteiger partial charge in [0.25, 0.3) is 0 Å². The van der Waals surface area contributed by atoms with Crippen molar-refractivity contribution < 1.29 is 14.3 Å². The van der Waals surface area contributed by atoms with Crippen LogP contribution in [0.1, 0.15) is 69.2 Å². The van der Waals surface area contributed by atoms with Crippen LogP contribution in [0.5, 0.6) is 0 Å². The Balaban J connectivity index is 2.02. The third-order valence-electron chi connectivity index (χ3n) is 5.02. The van der Waals surface area contributed by atoms with Gasteiger partial charge in [0, 0.05) is 5.56 Å².